The molecule has 6 nitrogen and oxygen atoms in total. The third kappa shape index (κ3) is 3.84. The van der Waals surface area contributed by atoms with Gasteiger partial charge in [-0.25, -0.2) is 0 Å². The van der Waals surface area contributed by atoms with E-state index in [4.69, 9.17) is 0 Å². The Kier molecular flexibility index (Phi) is 5.08. The third-order valence-corrected chi connectivity index (χ3v) is 5.29. The minimum Gasteiger partial charge on any atom is -0.352 e. The predicted octanol–water partition coefficient (Wildman–Crippen LogP) is 2.72. The number of carbonyl (C=O) groups is 1. The van der Waals surface area contributed by atoms with Crippen LogP contribution in [0.15, 0.2) is 53.5 Å². The van der Waals surface area contributed by atoms with Crippen molar-refractivity contribution in [1.29, 1.82) is 0 Å². The van der Waals surface area contributed by atoms with Gasteiger partial charge in [-0.15, -0.1) is 0 Å². The molecule has 4 rings (SSSR count). The van der Waals surface area contributed by atoms with Crippen LogP contribution in [0.2, 0.25) is 0 Å². The van der Waals surface area contributed by atoms with Crippen LogP contribution in [0.1, 0.15) is 34.2 Å². The molecule has 0 unspecified atom stereocenters. The number of hydrogen-bond acceptors (Lipinski definition) is 5. The van der Waals surface area contributed by atoms with E-state index in [1.54, 1.807) is 0 Å². The first-order chi connectivity index (χ1) is 12.8. The number of pyridine rings is 1. The molecule has 1 N–H and O–H groups in total. The molecule has 1 aliphatic rings. The number of nitrogens with zero attached hydrogens (tertiary/aromatic N) is 4. The van der Waals surface area contributed by atoms with Crippen molar-refractivity contribution in [1.82, 2.24) is 25.0 Å². The number of nitrogens with one attached hydrogen (secondary N) is 1. The smallest absolute Gasteiger partial charge is 0.252 e. The van der Waals surface area contributed by atoms with Gasteiger partial charge < -0.3 is 5.32 Å². The van der Waals surface area contributed by atoms with E-state index in [9.17, 15) is 4.79 Å². The molecule has 0 saturated carbocycles. The lowest BCUT2D eigenvalue weighted by Gasteiger charge is -2.33. The summed E-state index contributed by atoms with van der Waals surface area (Å²) in [6.45, 7) is 3.23. The number of hydrogen-bond donors (Lipinski definition) is 1. The van der Waals surface area contributed by atoms with Gasteiger partial charge in [0.15, 0.2) is 0 Å². The van der Waals surface area contributed by atoms with Crippen molar-refractivity contribution in [2.24, 2.45) is 0 Å². The number of aromatic nitrogens is 3. The zero-order valence-electron chi connectivity index (χ0n) is 14.4. The average molecular weight is 367 g/mol. The Hall–Kier alpha value is -2.51. The zero-order chi connectivity index (χ0) is 17.8. The molecule has 134 valence electrons. The molecule has 0 aliphatic carbocycles. The molecule has 0 aromatic carbocycles. The van der Waals surface area contributed by atoms with Crippen molar-refractivity contribution in [3.05, 3.63) is 70.4 Å². The maximum atomic E-state index is 12.1. The van der Waals surface area contributed by atoms with Crippen LogP contribution in [0.25, 0.3) is 0 Å². The van der Waals surface area contributed by atoms with Crippen LogP contribution in [0, 0.1) is 0 Å². The van der Waals surface area contributed by atoms with E-state index in [0.29, 0.717) is 6.54 Å². The zero-order valence-corrected chi connectivity index (χ0v) is 15.2. The maximum absolute atomic E-state index is 12.1. The molecule has 7 heteroatoms. The van der Waals surface area contributed by atoms with Crippen molar-refractivity contribution < 1.29 is 4.79 Å². The van der Waals surface area contributed by atoms with Crippen LogP contribution < -0.4 is 5.32 Å². The molecule has 1 aliphatic heterocycles. The van der Waals surface area contributed by atoms with E-state index in [-0.39, 0.29) is 11.9 Å². The molecule has 0 spiro atoms. The Labute approximate surface area is 156 Å². The van der Waals surface area contributed by atoms with Crippen molar-refractivity contribution in [3.63, 3.8) is 0 Å². The van der Waals surface area contributed by atoms with Crippen molar-refractivity contribution in [2.45, 2.75) is 25.6 Å². The van der Waals surface area contributed by atoms with E-state index < -0.39 is 0 Å². The van der Waals surface area contributed by atoms with Crippen LogP contribution in [-0.4, -0.2) is 38.7 Å². The lowest BCUT2D eigenvalue weighted by molar-refractivity contribution is 0.0947. The molecule has 0 saturated heterocycles. The summed E-state index contributed by atoms with van der Waals surface area (Å²) in [5, 5.41) is 11.3. The first-order valence-corrected chi connectivity index (χ1v) is 9.69. The van der Waals surface area contributed by atoms with Gasteiger partial charge >= 0.3 is 0 Å². The van der Waals surface area contributed by atoms with Crippen LogP contribution in [-0.2, 0) is 13.1 Å². The average Bonchev–Trinajstić information content (AvgIpc) is 3.34. The molecule has 26 heavy (non-hydrogen) atoms. The Morgan fingerprint density at radius 1 is 1.27 bits per heavy atom. The Morgan fingerprint density at radius 3 is 3.04 bits per heavy atom. The van der Waals surface area contributed by atoms with Gasteiger partial charge in [0.05, 0.1) is 17.4 Å². The molecule has 0 radical (unpaired) electrons. The topological polar surface area (TPSA) is 63.1 Å². The van der Waals surface area contributed by atoms with Gasteiger partial charge in [0.1, 0.15) is 0 Å². The minimum atomic E-state index is -0.00640. The van der Waals surface area contributed by atoms with Gasteiger partial charge in [0.25, 0.3) is 5.91 Å². The van der Waals surface area contributed by atoms with Gasteiger partial charge in [0, 0.05) is 49.5 Å². The largest absolute Gasteiger partial charge is 0.352 e. The molecule has 0 fully saturated rings. The van der Waals surface area contributed by atoms with Gasteiger partial charge in [-0.05, 0) is 36.1 Å². The van der Waals surface area contributed by atoms with Crippen LogP contribution in [0.5, 0.6) is 0 Å². The Morgan fingerprint density at radius 2 is 2.23 bits per heavy atom. The van der Waals surface area contributed by atoms with Gasteiger partial charge in [-0.1, -0.05) is 6.07 Å². The summed E-state index contributed by atoms with van der Waals surface area (Å²) in [5.74, 6) is -0.00640. The number of carbonyl (C=O) groups excluding carboxylic acids is 1. The highest BCUT2D eigenvalue weighted by Crippen LogP contribution is 2.23. The summed E-state index contributed by atoms with van der Waals surface area (Å²) in [4.78, 5) is 18.9. The number of fused-ring (bicyclic) bond motifs is 1. The molecule has 4 heterocycles. The van der Waals surface area contributed by atoms with Crippen LogP contribution in [0.3, 0.4) is 0 Å². The summed E-state index contributed by atoms with van der Waals surface area (Å²) < 4.78 is 2.10. The summed E-state index contributed by atoms with van der Waals surface area (Å²) in [5.41, 5.74) is 3.02. The Balaban J connectivity index is 1.38. The highest BCUT2D eigenvalue weighted by molar-refractivity contribution is 7.08. The fourth-order valence-electron chi connectivity index (χ4n) is 3.37. The second kappa shape index (κ2) is 7.80. The standard InChI is InChI=1S/C19H21N5OS/c25-19(15-6-10-26-14-15)21-8-4-17-12-23(11-16-3-1-2-7-20-16)13-18-5-9-22-24(17)18/h1-3,5-7,9-10,14,17H,4,8,11-13H2,(H,21,25)/t17-/m0/s1. The lowest BCUT2D eigenvalue weighted by atomic mass is 10.1. The summed E-state index contributed by atoms with van der Waals surface area (Å²) in [7, 11) is 0. The molecule has 1 amide bonds. The molecule has 1 atom stereocenters. The van der Waals surface area contributed by atoms with Gasteiger partial charge in [-0.2, -0.15) is 16.4 Å². The summed E-state index contributed by atoms with van der Waals surface area (Å²) in [6.07, 6.45) is 4.54. The highest BCUT2D eigenvalue weighted by atomic mass is 32.1. The van der Waals surface area contributed by atoms with E-state index in [1.807, 2.05) is 41.4 Å². The van der Waals surface area contributed by atoms with E-state index >= 15 is 0 Å². The predicted molar refractivity (Wildman–Crippen MR) is 101 cm³/mol. The first-order valence-electron chi connectivity index (χ1n) is 8.74. The highest BCUT2D eigenvalue weighted by Gasteiger charge is 2.25. The monoisotopic (exact) mass is 367 g/mol. The summed E-state index contributed by atoms with van der Waals surface area (Å²) in [6, 6.07) is 10.2. The fraction of sp³-hybridized carbons (Fsp3) is 0.316. The van der Waals surface area contributed by atoms with Gasteiger partial charge in [-0.3, -0.25) is 19.4 Å². The minimum absolute atomic E-state index is 0.00640. The number of rotatable bonds is 6. The van der Waals surface area contributed by atoms with E-state index in [1.165, 1.54) is 17.0 Å². The number of amides is 1. The van der Waals surface area contributed by atoms with Crippen molar-refractivity contribution in [2.75, 3.05) is 13.1 Å². The second-order valence-corrected chi connectivity index (χ2v) is 7.25. The maximum Gasteiger partial charge on any atom is 0.252 e. The fourth-order valence-corrected chi connectivity index (χ4v) is 4.00. The normalized spacial score (nSPS) is 17.0. The second-order valence-electron chi connectivity index (χ2n) is 6.47. The molecular weight excluding hydrogens is 346 g/mol. The SMILES string of the molecule is O=C(NCC[C@H]1CN(Cc2ccccn2)Cc2ccnn21)c1ccsc1. The van der Waals surface area contributed by atoms with E-state index in [0.717, 1.165) is 37.3 Å². The van der Waals surface area contributed by atoms with Crippen LogP contribution in [0.4, 0.5) is 0 Å². The quantitative estimate of drug-likeness (QED) is 0.728. The van der Waals surface area contributed by atoms with Crippen LogP contribution >= 0.6 is 11.3 Å². The molecule has 3 aromatic rings. The molecule has 0 bridgehead atoms. The van der Waals surface area contributed by atoms with Crippen molar-refractivity contribution in [3.8, 4) is 0 Å². The lowest BCUT2D eigenvalue weighted by Crippen LogP contribution is -2.39. The van der Waals surface area contributed by atoms with Crippen molar-refractivity contribution >= 4 is 17.2 Å². The molecular formula is C19H21N5OS. The van der Waals surface area contributed by atoms with E-state index in [2.05, 4.69) is 37.1 Å². The Bertz CT molecular complexity index is 846. The molecule has 3 aromatic heterocycles. The first kappa shape index (κ1) is 16.9. The van der Waals surface area contributed by atoms with Gasteiger partial charge in [0.2, 0.25) is 0 Å². The third-order valence-electron chi connectivity index (χ3n) is 4.61. The summed E-state index contributed by atoms with van der Waals surface area (Å²) >= 11 is 1.53. The number of thiophene rings is 1.